The first-order valence-electron chi connectivity index (χ1n) is 9.92. The molecular formula is C25H31F2N. The fourth-order valence-corrected chi connectivity index (χ4v) is 3.56. The molecule has 1 saturated carbocycles. The Balaban J connectivity index is 0.00000136. The normalized spacial score (nSPS) is 19.2. The Morgan fingerprint density at radius 2 is 1.68 bits per heavy atom. The molecule has 1 aliphatic rings. The van der Waals surface area contributed by atoms with E-state index in [1.54, 1.807) is 0 Å². The molecule has 3 heteroatoms. The minimum atomic E-state index is -0.626. The van der Waals surface area contributed by atoms with E-state index in [0.29, 0.717) is 25.9 Å². The van der Waals surface area contributed by atoms with Gasteiger partial charge in [-0.1, -0.05) is 48.5 Å². The van der Waals surface area contributed by atoms with E-state index in [4.69, 9.17) is 4.99 Å². The van der Waals surface area contributed by atoms with E-state index in [1.807, 2.05) is 6.21 Å². The summed E-state index contributed by atoms with van der Waals surface area (Å²) in [4.78, 5) is 4.70. The molecule has 0 radical (unpaired) electrons. The van der Waals surface area contributed by atoms with Crippen LogP contribution in [0.25, 0.3) is 5.57 Å². The predicted octanol–water partition coefficient (Wildman–Crippen LogP) is 7.38. The maximum Gasteiger partial charge on any atom is 0.100 e. The maximum absolute atomic E-state index is 13.4. The number of halogens is 2. The summed E-state index contributed by atoms with van der Waals surface area (Å²) in [5.41, 5.74) is 6.96. The van der Waals surface area contributed by atoms with E-state index in [-0.39, 0.29) is 0 Å². The molecule has 3 rings (SSSR count). The summed E-state index contributed by atoms with van der Waals surface area (Å²) in [5, 5.41) is 0. The molecule has 0 bridgehead atoms. The number of hydrogen-bond acceptors (Lipinski definition) is 1. The Kier molecular flexibility index (Phi) is 8.56. The molecule has 1 aliphatic carbocycles. The van der Waals surface area contributed by atoms with Crippen LogP contribution < -0.4 is 0 Å². The SMILES string of the molecule is C=C(c1ccc(C)c(N=CCc2ccc(C)cc2)c1)C1CCC(F)CC1.CF. The molecule has 0 aromatic heterocycles. The molecular weight excluding hydrogens is 352 g/mol. The molecule has 1 nitrogen and oxygen atoms in total. The van der Waals surface area contributed by atoms with Crippen LogP contribution in [0.1, 0.15) is 47.9 Å². The quantitative estimate of drug-likeness (QED) is 0.478. The lowest BCUT2D eigenvalue weighted by Crippen LogP contribution is -2.15. The van der Waals surface area contributed by atoms with Crippen molar-refractivity contribution >= 4 is 17.5 Å². The molecule has 28 heavy (non-hydrogen) atoms. The number of aryl methyl sites for hydroxylation is 2. The monoisotopic (exact) mass is 383 g/mol. The van der Waals surface area contributed by atoms with Crippen molar-refractivity contribution in [2.24, 2.45) is 10.9 Å². The zero-order valence-corrected chi connectivity index (χ0v) is 17.2. The van der Waals surface area contributed by atoms with Crippen LogP contribution in [0.2, 0.25) is 0 Å². The number of benzene rings is 2. The van der Waals surface area contributed by atoms with Crippen LogP contribution >= 0.6 is 0 Å². The van der Waals surface area contributed by atoms with Gasteiger partial charge in [0.05, 0.1) is 12.9 Å². The Morgan fingerprint density at radius 3 is 2.32 bits per heavy atom. The molecule has 0 heterocycles. The standard InChI is InChI=1S/C24H28FN.CH3F/c1-17-4-7-20(8-5-17)14-15-26-24-16-22(9-6-18(24)2)19(3)21-10-12-23(25)13-11-21;1-2/h4-9,15-16,21,23H,3,10-14H2,1-2H3;1H3. The lowest BCUT2D eigenvalue weighted by molar-refractivity contribution is 0.230. The van der Waals surface area contributed by atoms with E-state index in [9.17, 15) is 8.78 Å². The van der Waals surface area contributed by atoms with Gasteiger partial charge in [-0.25, -0.2) is 4.39 Å². The van der Waals surface area contributed by atoms with Crippen LogP contribution in [0, 0.1) is 19.8 Å². The largest absolute Gasteiger partial charge is 0.261 e. The Morgan fingerprint density at radius 1 is 1.04 bits per heavy atom. The van der Waals surface area contributed by atoms with Crippen molar-refractivity contribution in [3.63, 3.8) is 0 Å². The van der Waals surface area contributed by atoms with Crippen molar-refractivity contribution < 1.29 is 8.78 Å². The van der Waals surface area contributed by atoms with Gasteiger partial charge in [-0.3, -0.25) is 9.38 Å². The van der Waals surface area contributed by atoms with Gasteiger partial charge in [0.25, 0.3) is 0 Å². The second-order valence-electron chi connectivity index (χ2n) is 7.48. The van der Waals surface area contributed by atoms with Crippen LogP contribution in [-0.4, -0.2) is 19.6 Å². The topological polar surface area (TPSA) is 12.4 Å². The third-order valence-electron chi connectivity index (χ3n) is 5.41. The van der Waals surface area contributed by atoms with E-state index < -0.39 is 6.17 Å². The molecule has 0 saturated heterocycles. The summed E-state index contributed by atoms with van der Waals surface area (Å²) in [5.74, 6) is 0.397. The highest BCUT2D eigenvalue weighted by atomic mass is 19.1. The van der Waals surface area contributed by atoms with Gasteiger partial charge >= 0.3 is 0 Å². The van der Waals surface area contributed by atoms with Crippen LogP contribution in [0.5, 0.6) is 0 Å². The minimum Gasteiger partial charge on any atom is -0.261 e. The third kappa shape index (κ3) is 6.12. The first kappa shape index (κ1) is 22.0. The Hall–Kier alpha value is -2.29. The molecule has 1 fully saturated rings. The molecule has 2 aromatic carbocycles. The summed E-state index contributed by atoms with van der Waals surface area (Å²) in [6.07, 6.45) is 5.31. The van der Waals surface area contributed by atoms with Crippen LogP contribution in [-0.2, 0) is 6.42 Å². The Bertz CT molecular complexity index is 785. The highest BCUT2D eigenvalue weighted by molar-refractivity contribution is 5.72. The number of nitrogens with zero attached hydrogens (tertiary/aromatic N) is 1. The van der Waals surface area contributed by atoms with Crippen molar-refractivity contribution in [3.8, 4) is 0 Å². The van der Waals surface area contributed by atoms with E-state index in [1.165, 1.54) is 11.1 Å². The van der Waals surface area contributed by atoms with E-state index in [2.05, 4.69) is 62.9 Å². The van der Waals surface area contributed by atoms with E-state index >= 15 is 0 Å². The van der Waals surface area contributed by atoms with Gasteiger partial charge in [-0.2, -0.15) is 0 Å². The molecule has 0 amide bonds. The lowest BCUT2D eigenvalue weighted by Gasteiger charge is -2.26. The molecule has 150 valence electrons. The molecule has 0 N–H and O–H groups in total. The van der Waals surface area contributed by atoms with Crippen molar-refractivity contribution in [2.45, 2.75) is 52.1 Å². The van der Waals surface area contributed by atoms with E-state index in [0.717, 1.165) is 41.6 Å². The second kappa shape index (κ2) is 10.9. The van der Waals surface area contributed by atoms with Gasteiger partial charge in [-0.05, 0) is 73.8 Å². The lowest BCUT2D eigenvalue weighted by atomic mass is 9.81. The Labute approximate surface area is 168 Å². The summed E-state index contributed by atoms with van der Waals surface area (Å²) in [6.45, 7) is 8.49. The summed E-state index contributed by atoms with van der Waals surface area (Å²) < 4.78 is 22.9. The third-order valence-corrected chi connectivity index (χ3v) is 5.41. The number of hydrogen-bond donors (Lipinski definition) is 0. The fraction of sp³-hybridized carbons (Fsp3) is 0.400. The van der Waals surface area contributed by atoms with Crippen molar-refractivity contribution in [2.75, 3.05) is 7.18 Å². The molecule has 2 aromatic rings. The maximum atomic E-state index is 13.4. The summed E-state index contributed by atoms with van der Waals surface area (Å²) in [6, 6.07) is 14.9. The van der Waals surface area contributed by atoms with Crippen LogP contribution in [0.3, 0.4) is 0 Å². The molecule has 0 atom stereocenters. The predicted molar refractivity (Wildman–Crippen MR) is 117 cm³/mol. The van der Waals surface area contributed by atoms with Gasteiger partial charge in [-0.15, -0.1) is 0 Å². The number of aliphatic imine (C=N–C) groups is 1. The van der Waals surface area contributed by atoms with Crippen molar-refractivity contribution in [3.05, 3.63) is 71.3 Å². The number of allylic oxidation sites excluding steroid dienone is 1. The van der Waals surface area contributed by atoms with Gasteiger partial charge < -0.3 is 0 Å². The van der Waals surface area contributed by atoms with Crippen molar-refractivity contribution in [1.29, 1.82) is 0 Å². The summed E-state index contributed by atoms with van der Waals surface area (Å²) >= 11 is 0. The number of alkyl halides is 2. The first-order valence-corrected chi connectivity index (χ1v) is 9.92. The van der Waals surface area contributed by atoms with Crippen LogP contribution in [0.15, 0.2) is 54.0 Å². The average Bonchev–Trinajstić information content (AvgIpc) is 2.72. The average molecular weight is 384 g/mol. The van der Waals surface area contributed by atoms with Crippen molar-refractivity contribution in [1.82, 2.24) is 0 Å². The molecule has 0 aliphatic heterocycles. The second-order valence-corrected chi connectivity index (χ2v) is 7.48. The zero-order chi connectivity index (χ0) is 20.5. The van der Waals surface area contributed by atoms with Gasteiger partial charge in [0.2, 0.25) is 0 Å². The highest BCUT2D eigenvalue weighted by Crippen LogP contribution is 2.36. The highest BCUT2D eigenvalue weighted by Gasteiger charge is 2.23. The molecule has 0 spiro atoms. The van der Waals surface area contributed by atoms with Gasteiger partial charge in [0.1, 0.15) is 6.17 Å². The minimum absolute atomic E-state index is 0.397. The van der Waals surface area contributed by atoms with Crippen LogP contribution in [0.4, 0.5) is 14.5 Å². The summed E-state index contributed by atoms with van der Waals surface area (Å²) in [7, 11) is 0.500. The first-order chi connectivity index (χ1) is 13.5. The van der Waals surface area contributed by atoms with Gasteiger partial charge in [0.15, 0.2) is 0 Å². The smallest absolute Gasteiger partial charge is 0.100 e. The van der Waals surface area contributed by atoms with Gasteiger partial charge in [0, 0.05) is 12.6 Å². The zero-order valence-electron chi connectivity index (χ0n) is 17.2. The number of rotatable bonds is 5. The fourth-order valence-electron chi connectivity index (χ4n) is 3.56. The molecule has 0 unspecified atom stereocenters.